The Morgan fingerprint density at radius 1 is 0.875 bits per heavy atom. The molecule has 0 aliphatic carbocycles. The molecule has 2 aromatic rings. The van der Waals surface area contributed by atoms with Crippen molar-refractivity contribution in [1.29, 1.82) is 0 Å². The average Bonchev–Trinajstić information content (AvgIpc) is 2.39. The summed E-state index contributed by atoms with van der Waals surface area (Å²) in [7, 11) is -0.368. The van der Waals surface area contributed by atoms with Crippen LogP contribution in [0.5, 0.6) is 0 Å². The van der Waals surface area contributed by atoms with E-state index in [0.717, 1.165) is 10.5 Å². The van der Waals surface area contributed by atoms with E-state index in [0.29, 0.717) is 0 Å². The van der Waals surface area contributed by atoms with Crippen LogP contribution in [0.4, 0.5) is 0 Å². The van der Waals surface area contributed by atoms with Crippen LogP contribution in [-0.2, 0) is 10.9 Å². The first-order chi connectivity index (χ1) is 7.79. The van der Waals surface area contributed by atoms with Crippen LogP contribution in [-0.4, -0.2) is 11.4 Å². The third kappa shape index (κ3) is 2.34. The molecule has 1 nitrogen and oxygen atoms in total. The molecule has 80 valence electrons. The number of hydrogen-bond donors (Lipinski definition) is 0. The SMILES string of the molecule is C[S+](C(=O)c1ccccc1)c1ccccc1. The second kappa shape index (κ2) is 4.99. The molecule has 16 heavy (non-hydrogen) atoms. The monoisotopic (exact) mass is 229 g/mol. The Bertz CT molecular complexity index is 465. The lowest BCUT2D eigenvalue weighted by molar-refractivity contribution is 0.108. The Kier molecular flexibility index (Phi) is 3.42. The molecule has 0 saturated heterocycles. The normalized spacial score (nSPS) is 12.1. The molecule has 0 heterocycles. The van der Waals surface area contributed by atoms with E-state index < -0.39 is 0 Å². The summed E-state index contributed by atoms with van der Waals surface area (Å²) >= 11 is 0. The van der Waals surface area contributed by atoms with Crippen molar-refractivity contribution in [1.82, 2.24) is 0 Å². The molecule has 0 aliphatic rings. The van der Waals surface area contributed by atoms with E-state index in [-0.39, 0.29) is 16.0 Å². The third-order valence-corrected chi connectivity index (χ3v) is 4.16. The van der Waals surface area contributed by atoms with Gasteiger partial charge < -0.3 is 0 Å². The summed E-state index contributed by atoms with van der Waals surface area (Å²) < 4.78 is 0. The molecule has 2 aromatic carbocycles. The van der Waals surface area contributed by atoms with Gasteiger partial charge in [-0.25, -0.2) is 4.79 Å². The van der Waals surface area contributed by atoms with Crippen LogP contribution in [0.15, 0.2) is 65.6 Å². The van der Waals surface area contributed by atoms with Crippen molar-refractivity contribution in [3.63, 3.8) is 0 Å². The lowest BCUT2D eigenvalue weighted by atomic mass is 10.2. The smallest absolute Gasteiger partial charge is 0.231 e. The van der Waals surface area contributed by atoms with Gasteiger partial charge in [0.15, 0.2) is 4.90 Å². The van der Waals surface area contributed by atoms with Crippen molar-refractivity contribution < 1.29 is 4.79 Å². The minimum atomic E-state index is -0.368. The van der Waals surface area contributed by atoms with Gasteiger partial charge in [-0.05, 0) is 24.3 Å². The first-order valence-corrected chi connectivity index (χ1v) is 6.72. The summed E-state index contributed by atoms with van der Waals surface area (Å²) in [6.45, 7) is 0. The van der Waals surface area contributed by atoms with Gasteiger partial charge in [-0.15, -0.1) is 0 Å². The lowest BCUT2D eigenvalue weighted by Crippen LogP contribution is -2.13. The van der Waals surface area contributed by atoms with E-state index in [1.807, 2.05) is 66.9 Å². The Balaban J connectivity index is 2.24. The molecule has 0 radical (unpaired) electrons. The molecule has 0 saturated carbocycles. The van der Waals surface area contributed by atoms with E-state index in [1.54, 1.807) is 0 Å². The van der Waals surface area contributed by atoms with E-state index in [4.69, 9.17) is 0 Å². The van der Waals surface area contributed by atoms with Crippen molar-refractivity contribution in [3.8, 4) is 0 Å². The standard InChI is InChI=1S/C14H13OS/c1-16(13-10-6-3-7-11-13)14(15)12-8-4-2-5-9-12/h2-11H,1H3/q+1. The van der Waals surface area contributed by atoms with Gasteiger partial charge in [0.25, 0.3) is 0 Å². The van der Waals surface area contributed by atoms with Crippen molar-refractivity contribution in [2.75, 3.05) is 6.26 Å². The Hall–Kier alpha value is -1.54. The molecule has 2 heteroatoms. The number of carbonyl (C=O) groups excluding carboxylic acids is 1. The van der Waals surface area contributed by atoms with Crippen molar-refractivity contribution in [3.05, 3.63) is 66.2 Å². The van der Waals surface area contributed by atoms with Gasteiger partial charge in [-0.2, -0.15) is 0 Å². The minimum absolute atomic E-state index is 0.201. The van der Waals surface area contributed by atoms with Gasteiger partial charge >= 0.3 is 5.12 Å². The summed E-state index contributed by atoms with van der Waals surface area (Å²) in [6, 6.07) is 19.4. The first kappa shape index (κ1) is 11.0. The third-order valence-electron chi connectivity index (χ3n) is 2.38. The summed E-state index contributed by atoms with van der Waals surface area (Å²) in [5.74, 6) is 0. The van der Waals surface area contributed by atoms with Crippen LogP contribution in [0.2, 0.25) is 0 Å². The highest BCUT2D eigenvalue weighted by molar-refractivity contribution is 8.10. The van der Waals surface area contributed by atoms with Crippen LogP contribution in [0, 0.1) is 0 Å². The molecule has 0 spiro atoms. The zero-order chi connectivity index (χ0) is 11.4. The molecule has 1 atom stereocenters. The van der Waals surface area contributed by atoms with Crippen molar-refractivity contribution >= 4 is 16.0 Å². The summed E-state index contributed by atoms with van der Waals surface area (Å²) in [4.78, 5) is 13.3. The molecule has 0 bridgehead atoms. The van der Waals surface area contributed by atoms with Gasteiger partial charge in [0, 0.05) is 0 Å². The molecular weight excluding hydrogens is 216 g/mol. The molecular formula is C14H13OS+. The fraction of sp³-hybridized carbons (Fsp3) is 0.0714. The average molecular weight is 229 g/mol. The largest absolute Gasteiger partial charge is 0.367 e. The van der Waals surface area contributed by atoms with Crippen molar-refractivity contribution in [2.24, 2.45) is 0 Å². The number of hydrogen-bond acceptors (Lipinski definition) is 1. The van der Waals surface area contributed by atoms with Crippen LogP contribution < -0.4 is 0 Å². The maximum absolute atomic E-state index is 12.2. The molecule has 1 unspecified atom stereocenters. The second-order valence-corrected chi connectivity index (χ2v) is 5.34. The van der Waals surface area contributed by atoms with Gasteiger partial charge in [0.2, 0.25) is 0 Å². The van der Waals surface area contributed by atoms with Crippen molar-refractivity contribution in [2.45, 2.75) is 4.90 Å². The van der Waals surface area contributed by atoms with Gasteiger partial charge in [0.1, 0.15) is 17.2 Å². The zero-order valence-electron chi connectivity index (χ0n) is 9.09. The predicted octanol–water partition coefficient (Wildman–Crippen LogP) is 3.13. The summed E-state index contributed by atoms with van der Waals surface area (Å²) in [6.07, 6.45) is 1.98. The molecule has 0 aliphatic heterocycles. The number of carbonyl (C=O) groups is 1. The van der Waals surface area contributed by atoms with Gasteiger partial charge in [-0.3, -0.25) is 0 Å². The quantitative estimate of drug-likeness (QED) is 0.723. The van der Waals surface area contributed by atoms with Gasteiger partial charge in [-0.1, -0.05) is 36.4 Å². The number of rotatable bonds is 2. The van der Waals surface area contributed by atoms with Crippen LogP contribution in [0.1, 0.15) is 10.4 Å². The minimum Gasteiger partial charge on any atom is -0.231 e. The molecule has 0 aromatic heterocycles. The van der Waals surface area contributed by atoms with E-state index in [2.05, 4.69) is 0 Å². The zero-order valence-corrected chi connectivity index (χ0v) is 9.91. The Morgan fingerprint density at radius 2 is 1.38 bits per heavy atom. The number of benzene rings is 2. The summed E-state index contributed by atoms with van der Waals surface area (Å²) in [5.41, 5.74) is 0.789. The summed E-state index contributed by atoms with van der Waals surface area (Å²) in [5, 5.41) is 0.201. The Labute approximate surface area is 98.5 Å². The van der Waals surface area contributed by atoms with E-state index >= 15 is 0 Å². The Morgan fingerprint density at radius 3 is 1.94 bits per heavy atom. The lowest BCUT2D eigenvalue weighted by Gasteiger charge is -2.00. The van der Waals surface area contributed by atoms with E-state index in [9.17, 15) is 4.79 Å². The van der Waals surface area contributed by atoms with Crippen LogP contribution >= 0.6 is 0 Å². The fourth-order valence-electron chi connectivity index (χ4n) is 1.48. The molecule has 2 rings (SSSR count). The van der Waals surface area contributed by atoms with Crippen LogP contribution in [0.3, 0.4) is 0 Å². The molecule has 0 fully saturated rings. The fourth-order valence-corrected chi connectivity index (χ4v) is 2.75. The van der Waals surface area contributed by atoms with Crippen LogP contribution in [0.25, 0.3) is 0 Å². The highest BCUT2D eigenvalue weighted by atomic mass is 32.2. The first-order valence-electron chi connectivity index (χ1n) is 5.09. The van der Waals surface area contributed by atoms with E-state index in [1.165, 1.54) is 0 Å². The second-order valence-electron chi connectivity index (χ2n) is 3.48. The highest BCUT2D eigenvalue weighted by Crippen LogP contribution is 2.16. The molecule has 0 amide bonds. The molecule has 0 N–H and O–H groups in total. The predicted molar refractivity (Wildman–Crippen MR) is 68.8 cm³/mol. The van der Waals surface area contributed by atoms with Gasteiger partial charge in [0.05, 0.1) is 5.56 Å². The topological polar surface area (TPSA) is 17.1 Å². The maximum atomic E-state index is 12.2. The highest BCUT2D eigenvalue weighted by Gasteiger charge is 2.27. The maximum Gasteiger partial charge on any atom is 0.367 e.